The molecule has 21 heavy (non-hydrogen) atoms. The third-order valence-corrected chi connectivity index (χ3v) is 3.24. The first-order valence-electron chi connectivity index (χ1n) is 6.33. The Morgan fingerprint density at radius 1 is 1.43 bits per heavy atom. The quantitative estimate of drug-likeness (QED) is 0.754. The van der Waals surface area contributed by atoms with Gasteiger partial charge in [-0.05, 0) is 24.3 Å². The topological polar surface area (TPSA) is 59.5 Å². The highest BCUT2D eigenvalue weighted by molar-refractivity contribution is 6.31. The number of amides is 1. The van der Waals surface area contributed by atoms with E-state index >= 15 is 0 Å². The Morgan fingerprint density at radius 2 is 2.33 bits per heavy atom. The zero-order valence-electron chi connectivity index (χ0n) is 11.0. The molecule has 0 aromatic carbocycles. The van der Waals surface area contributed by atoms with Gasteiger partial charge in [0.05, 0.1) is 18.2 Å². The van der Waals surface area contributed by atoms with Crippen LogP contribution in [0.15, 0.2) is 53.5 Å². The number of nitrogens with zero attached hydrogens (tertiary/aromatic N) is 2. The number of carbonyl (C=O) groups is 1. The van der Waals surface area contributed by atoms with E-state index in [1.807, 2.05) is 28.8 Å². The van der Waals surface area contributed by atoms with Gasteiger partial charge in [-0.2, -0.15) is 0 Å². The summed E-state index contributed by atoms with van der Waals surface area (Å²) in [6.07, 6.45) is 8.08. The number of aromatic nitrogens is 2. The normalized spacial score (nSPS) is 11.3. The van der Waals surface area contributed by atoms with Gasteiger partial charge in [0.15, 0.2) is 5.15 Å². The molecule has 0 aliphatic rings. The minimum Gasteiger partial charge on any atom is -0.472 e. The van der Waals surface area contributed by atoms with Crippen molar-refractivity contribution < 1.29 is 9.21 Å². The van der Waals surface area contributed by atoms with Crippen molar-refractivity contribution in [2.45, 2.75) is 6.54 Å². The maximum atomic E-state index is 11.8. The van der Waals surface area contributed by atoms with Gasteiger partial charge in [0, 0.05) is 24.4 Å². The van der Waals surface area contributed by atoms with Crippen molar-refractivity contribution in [1.82, 2.24) is 14.7 Å². The molecule has 3 aromatic heterocycles. The van der Waals surface area contributed by atoms with Crippen LogP contribution in [0.1, 0.15) is 11.3 Å². The second-order valence-corrected chi connectivity index (χ2v) is 4.76. The van der Waals surface area contributed by atoms with Gasteiger partial charge < -0.3 is 9.73 Å². The second-order valence-electron chi connectivity index (χ2n) is 4.40. The Labute approximate surface area is 125 Å². The Kier molecular flexibility index (Phi) is 3.75. The lowest BCUT2D eigenvalue weighted by atomic mass is 10.3. The Hall–Kier alpha value is -2.53. The van der Waals surface area contributed by atoms with E-state index < -0.39 is 0 Å². The first kappa shape index (κ1) is 13.5. The van der Waals surface area contributed by atoms with E-state index in [2.05, 4.69) is 10.3 Å². The van der Waals surface area contributed by atoms with Crippen LogP contribution in [-0.4, -0.2) is 15.3 Å². The summed E-state index contributed by atoms with van der Waals surface area (Å²) in [6, 6.07) is 7.40. The minimum atomic E-state index is -0.210. The smallest absolute Gasteiger partial charge is 0.244 e. The van der Waals surface area contributed by atoms with Gasteiger partial charge in [0.2, 0.25) is 5.91 Å². The molecule has 3 aromatic rings. The average Bonchev–Trinajstić information content (AvgIpc) is 3.10. The van der Waals surface area contributed by atoms with Gasteiger partial charge in [-0.25, -0.2) is 4.98 Å². The molecule has 0 saturated heterocycles. The van der Waals surface area contributed by atoms with Crippen molar-refractivity contribution in [2.24, 2.45) is 0 Å². The van der Waals surface area contributed by atoms with Crippen LogP contribution in [0.2, 0.25) is 5.15 Å². The van der Waals surface area contributed by atoms with Gasteiger partial charge in [-0.3, -0.25) is 9.20 Å². The number of rotatable bonds is 4. The second kappa shape index (κ2) is 5.85. The SMILES string of the molecule is O=C(/C=C\c1c(Cl)nc2ccccn12)NCc1ccoc1. The van der Waals surface area contributed by atoms with Crippen LogP contribution in [0.3, 0.4) is 0 Å². The van der Waals surface area contributed by atoms with Gasteiger partial charge >= 0.3 is 0 Å². The number of fused-ring (bicyclic) bond motifs is 1. The number of nitrogens with one attached hydrogen (secondary N) is 1. The highest BCUT2D eigenvalue weighted by Gasteiger charge is 2.07. The fraction of sp³-hybridized carbons (Fsp3) is 0.0667. The van der Waals surface area contributed by atoms with Crippen LogP contribution in [0.4, 0.5) is 0 Å². The maximum absolute atomic E-state index is 11.8. The highest BCUT2D eigenvalue weighted by atomic mass is 35.5. The van der Waals surface area contributed by atoms with E-state index in [-0.39, 0.29) is 5.91 Å². The molecular weight excluding hydrogens is 290 g/mol. The molecule has 0 radical (unpaired) electrons. The molecular formula is C15H12ClN3O2. The molecule has 0 aliphatic carbocycles. The van der Waals surface area contributed by atoms with E-state index in [0.29, 0.717) is 17.4 Å². The molecule has 1 amide bonds. The Balaban J connectivity index is 1.72. The highest BCUT2D eigenvalue weighted by Crippen LogP contribution is 2.18. The fourth-order valence-electron chi connectivity index (χ4n) is 1.93. The lowest BCUT2D eigenvalue weighted by Gasteiger charge is -1.99. The van der Waals surface area contributed by atoms with Crippen LogP contribution in [-0.2, 0) is 11.3 Å². The molecule has 0 bridgehead atoms. The van der Waals surface area contributed by atoms with Crippen LogP contribution < -0.4 is 5.32 Å². The zero-order valence-corrected chi connectivity index (χ0v) is 11.7. The van der Waals surface area contributed by atoms with E-state index in [1.165, 1.54) is 6.08 Å². The average molecular weight is 302 g/mol. The Morgan fingerprint density at radius 3 is 3.14 bits per heavy atom. The molecule has 1 N–H and O–H groups in total. The van der Waals surface area contributed by atoms with Crippen LogP contribution >= 0.6 is 11.6 Å². The van der Waals surface area contributed by atoms with E-state index in [1.54, 1.807) is 24.7 Å². The summed E-state index contributed by atoms with van der Waals surface area (Å²) < 4.78 is 6.75. The first-order valence-corrected chi connectivity index (χ1v) is 6.71. The summed E-state index contributed by atoms with van der Waals surface area (Å²) in [6.45, 7) is 0.417. The number of imidazole rings is 1. The number of carbonyl (C=O) groups excluding carboxylic acids is 1. The molecule has 0 fully saturated rings. The zero-order chi connectivity index (χ0) is 14.7. The largest absolute Gasteiger partial charge is 0.472 e. The molecule has 0 saturated carbocycles. The summed E-state index contributed by atoms with van der Waals surface area (Å²) in [5, 5.41) is 3.12. The third kappa shape index (κ3) is 2.98. The molecule has 0 atom stereocenters. The number of hydrogen-bond acceptors (Lipinski definition) is 3. The van der Waals surface area contributed by atoms with Gasteiger partial charge in [0.25, 0.3) is 0 Å². The monoisotopic (exact) mass is 301 g/mol. The summed E-state index contributed by atoms with van der Waals surface area (Å²) in [4.78, 5) is 16.0. The number of halogens is 1. The molecule has 0 spiro atoms. The van der Waals surface area contributed by atoms with Gasteiger partial charge in [-0.1, -0.05) is 17.7 Å². The lowest BCUT2D eigenvalue weighted by molar-refractivity contribution is -0.116. The molecule has 0 unspecified atom stereocenters. The fourth-order valence-corrected chi connectivity index (χ4v) is 2.17. The number of pyridine rings is 1. The van der Waals surface area contributed by atoms with Crippen molar-refractivity contribution in [3.8, 4) is 0 Å². The lowest BCUT2D eigenvalue weighted by Crippen LogP contribution is -2.19. The van der Waals surface area contributed by atoms with Gasteiger partial charge in [0.1, 0.15) is 5.65 Å². The summed E-state index contributed by atoms with van der Waals surface area (Å²) in [7, 11) is 0. The summed E-state index contributed by atoms with van der Waals surface area (Å²) in [5.74, 6) is -0.210. The summed E-state index contributed by atoms with van der Waals surface area (Å²) >= 11 is 6.08. The molecule has 6 heteroatoms. The van der Waals surface area contributed by atoms with E-state index in [4.69, 9.17) is 16.0 Å². The molecule has 3 heterocycles. The van der Waals surface area contributed by atoms with Crippen LogP contribution in [0.5, 0.6) is 0 Å². The van der Waals surface area contributed by atoms with E-state index in [0.717, 1.165) is 11.2 Å². The third-order valence-electron chi connectivity index (χ3n) is 2.96. The van der Waals surface area contributed by atoms with Crippen LogP contribution in [0.25, 0.3) is 11.7 Å². The molecule has 3 rings (SSSR count). The Bertz CT molecular complexity index is 790. The van der Waals surface area contributed by atoms with E-state index in [9.17, 15) is 4.79 Å². The molecule has 5 nitrogen and oxygen atoms in total. The molecule has 0 aliphatic heterocycles. The first-order chi connectivity index (χ1) is 10.2. The standard InChI is InChI=1S/C15H12ClN3O2/c16-15-12(19-7-2-1-3-13(19)18-15)4-5-14(20)17-9-11-6-8-21-10-11/h1-8,10H,9H2,(H,17,20)/b5-4-. The molecule has 106 valence electrons. The number of furan rings is 1. The van der Waals surface area contributed by atoms with Gasteiger partial charge in [-0.15, -0.1) is 0 Å². The maximum Gasteiger partial charge on any atom is 0.244 e. The summed E-state index contributed by atoms with van der Waals surface area (Å²) in [5.41, 5.74) is 2.32. The predicted octanol–water partition coefficient (Wildman–Crippen LogP) is 2.91. The van der Waals surface area contributed by atoms with Crippen molar-refractivity contribution in [1.29, 1.82) is 0 Å². The minimum absolute atomic E-state index is 0.210. The predicted molar refractivity (Wildman–Crippen MR) is 79.8 cm³/mol. The van der Waals surface area contributed by atoms with Crippen molar-refractivity contribution in [2.75, 3.05) is 0 Å². The van der Waals surface area contributed by atoms with Crippen molar-refractivity contribution in [3.05, 3.63) is 65.5 Å². The van der Waals surface area contributed by atoms with Crippen molar-refractivity contribution >= 4 is 29.2 Å². The van der Waals surface area contributed by atoms with Crippen molar-refractivity contribution in [3.63, 3.8) is 0 Å². The van der Waals surface area contributed by atoms with Crippen LogP contribution in [0, 0.1) is 0 Å². The number of hydrogen-bond donors (Lipinski definition) is 1.